The van der Waals surface area contributed by atoms with Crippen molar-refractivity contribution in [3.05, 3.63) is 18.0 Å². The van der Waals surface area contributed by atoms with Gasteiger partial charge in [-0.3, -0.25) is 4.79 Å². The summed E-state index contributed by atoms with van der Waals surface area (Å²) < 4.78 is 7.39. The molecule has 1 aromatic heterocycles. The van der Waals surface area contributed by atoms with Crippen LogP contribution < -0.4 is 5.73 Å². The number of morpholine rings is 1. The lowest BCUT2D eigenvalue weighted by Gasteiger charge is -2.31. The zero-order valence-corrected chi connectivity index (χ0v) is 11.1. The second-order valence-electron chi connectivity index (χ2n) is 4.78. The normalized spacial score (nSPS) is 20.1. The fraction of sp³-hybridized carbons (Fsp3) is 0.615. The van der Waals surface area contributed by atoms with Gasteiger partial charge in [0.05, 0.1) is 18.4 Å². The lowest BCUT2D eigenvalue weighted by atomic mass is 10.2. The van der Waals surface area contributed by atoms with E-state index in [1.165, 1.54) is 0 Å². The quantitative estimate of drug-likeness (QED) is 0.882. The molecule has 1 atom stereocenters. The first kappa shape index (κ1) is 13.0. The monoisotopic (exact) mass is 251 g/mol. The molecule has 0 saturated carbocycles. The fourth-order valence-electron chi connectivity index (χ4n) is 2.30. The Kier molecular flexibility index (Phi) is 3.91. The van der Waals surface area contributed by atoms with Gasteiger partial charge in [-0.25, -0.2) is 0 Å². The van der Waals surface area contributed by atoms with Crippen LogP contribution >= 0.6 is 0 Å². The molecular weight excluding hydrogens is 230 g/mol. The molecule has 2 heterocycles. The molecule has 2 rings (SSSR count). The molecule has 5 nitrogen and oxygen atoms in total. The molecular formula is C13H21N3O2. The first-order valence-electron chi connectivity index (χ1n) is 6.48. The zero-order chi connectivity index (χ0) is 13.1. The van der Waals surface area contributed by atoms with E-state index in [4.69, 9.17) is 10.5 Å². The third-order valence-corrected chi connectivity index (χ3v) is 3.13. The molecule has 1 unspecified atom stereocenters. The maximum atomic E-state index is 12.4. The van der Waals surface area contributed by atoms with Crippen molar-refractivity contribution in [2.45, 2.75) is 32.9 Å². The summed E-state index contributed by atoms with van der Waals surface area (Å²) in [5.41, 5.74) is 7.12. The van der Waals surface area contributed by atoms with Crippen LogP contribution in [0.5, 0.6) is 0 Å². The van der Waals surface area contributed by atoms with Gasteiger partial charge >= 0.3 is 0 Å². The molecule has 1 aliphatic rings. The van der Waals surface area contributed by atoms with Crippen LogP contribution in [0.3, 0.4) is 0 Å². The van der Waals surface area contributed by atoms with Crippen LogP contribution in [0.2, 0.25) is 0 Å². The highest BCUT2D eigenvalue weighted by Crippen LogP contribution is 2.16. The number of nitrogens with zero attached hydrogens (tertiary/aromatic N) is 2. The minimum Gasteiger partial charge on any atom is -0.397 e. The Morgan fingerprint density at radius 2 is 2.39 bits per heavy atom. The number of nitrogen functional groups attached to an aromatic ring is 1. The zero-order valence-electron chi connectivity index (χ0n) is 11.1. The highest BCUT2D eigenvalue weighted by atomic mass is 16.5. The van der Waals surface area contributed by atoms with Crippen LogP contribution in [0.1, 0.15) is 30.8 Å². The van der Waals surface area contributed by atoms with Gasteiger partial charge in [0.2, 0.25) is 0 Å². The van der Waals surface area contributed by atoms with Gasteiger partial charge in [0.1, 0.15) is 5.69 Å². The summed E-state index contributed by atoms with van der Waals surface area (Å²) in [7, 11) is 0. The van der Waals surface area contributed by atoms with Crippen molar-refractivity contribution in [1.82, 2.24) is 9.47 Å². The topological polar surface area (TPSA) is 60.5 Å². The van der Waals surface area contributed by atoms with E-state index in [2.05, 4.69) is 6.92 Å². The molecule has 0 radical (unpaired) electrons. The van der Waals surface area contributed by atoms with E-state index in [9.17, 15) is 4.79 Å². The number of rotatable bonds is 3. The number of carbonyl (C=O) groups excluding carboxylic acids is 1. The van der Waals surface area contributed by atoms with Crippen molar-refractivity contribution in [2.24, 2.45) is 0 Å². The van der Waals surface area contributed by atoms with Crippen LogP contribution in [0.25, 0.3) is 0 Å². The van der Waals surface area contributed by atoms with E-state index in [-0.39, 0.29) is 12.0 Å². The molecule has 0 bridgehead atoms. The molecule has 1 aliphatic heterocycles. The van der Waals surface area contributed by atoms with Crippen molar-refractivity contribution in [3.8, 4) is 0 Å². The molecule has 0 aromatic carbocycles. The molecule has 5 heteroatoms. The Bertz CT molecular complexity index is 428. The average Bonchev–Trinajstić information content (AvgIpc) is 2.70. The van der Waals surface area contributed by atoms with E-state index < -0.39 is 0 Å². The summed E-state index contributed by atoms with van der Waals surface area (Å²) in [5, 5.41) is 0. The molecule has 1 aromatic rings. The van der Waals surface area contributed by atoms with Crippen molar-refractivity contribution in [2.75, 3.05) is 25.4 Å². The standard InChI is InChI=1S/C13H21N3O2/c1-3-4-15-9-11(14)7-12(15)13(17)16-5-6-18-10(2)8-16/h7,9-10H,3-6,8,14H2,1-2H3. The number of anilines is 1. The van der Waals surface area contributed by atoms with Crippen molar-refractivity contribution < 1.29 is 9.53 Å². The molecule has 100 valence electrons. The molecule has 1 fully saturated rings. The van der Waals surface area contributed by atoms with Crippen molar-refractivity contribution in [1.29, 1.82) is 0 Å². The van der Waals surface area contributed by atoms with Gasteiger partial charge < -0.3 is 19.9 Å². The third kappa shape index (κ3) is 2.67. The van der Waals surface area contributed by atoms with Gasteiger partial charge in [-0.15, -0.1) is 0 Å². The average molecular weight is 251 g/mol. The number of amides is 1. The Hall–Kier alpha value is -1.49. The smallest absolute Gasteiger partial charge is 0.270 e. The Balaban J connectivity index is 2.17. The van der Waals surface area contributed by atoms with E-state index in [1.54, 1.807) is 6.07 Å². The molecule has 1 saturated heterocycles. The number of nitrogens with two attached hydrogens (primary N) is 1. The SMILES string of the molecule is CCCn1cc(N)cc1C(=O)N1CCOC(C)C1. The predicted octanol–water partition coefficient (Wildman–Crippen LogP) is 1.34. The first-order valence-corrected chi connectivity index (χ1v) is 6.48. The number of aryl methyl sites for hydroxylation is 1. The number of ether oxygens (including phenoxy) is 1. The molecule has 18 heavy (non-hydrogen) atoms. The minimum absolute atomic E-state index is 0.0512. The van der Waals surface area contributed by atoms with E-state index in [1.807, 2.05) is 22.6 Å². The summed E-state index contributed by atoms with van der Waals surface area (Å²) in [6, 6.07) is 1.76. The summed E-state index contributed by atoms with van der Waals surface area (Å²) in [4.78, 5) is 14.3. The number of aromatic nitrogens is 1. The van der Waals surface area contributed by atoms with Gasteiger partial charge in [0, 0.05) is 25.8 Å². The molecule has 1 amide bonds. The van der Waals surface area contributed by atoms with Crippen molar-refractivity contribution >= 4 is 11.6 Å². The second-order valence-corrected chi connectivity index (χ2v) is 4.78. The summed E-state index contributed by atoms with van der Waals surface area (Å²) >= 11 is 0. The third-order valence-electron chi connectivity index (χ3n) is 3.13. The summed E-state index contributed by atoms with van der Waals surface area (Å²) in [6.45, 7) is 6.80. The van der Waals surface area contributed by atoms with Crippen LogP contribution in [0, 0.1) is 0 Å². The van der Waals surface area contributed by atoms with Crippen LogP contribution in [-0.4, -0.2) is 41.2 Å². The highest BCUT2D eigenvalue weighted by molar-refractivity contribution is 5.94. The fourth-order valence-corrected chi connectivity index (χ4v) is 2.30. The van der Waals surface area contributed by atoms with E-state index in [0.29, 0.717) is 31.1 Å². The second kappa shape index (κ2) is 5.44. The van der Waals surface area contributed by atoms with E-state index in [0.717, 1.165) is 13.0 Å². The minimum atomic E-state index is 0.0512. The largest absolute Gasteiger partial charge is 0.397 e. The number of carbonyl (C=O) groups is 1. The Morgan fingerprint density at radius 1 is 1.61 bits per heavy atom. The first-order chi connectivity index (χ1) is 8.61. The molecule has 0 spiro atoms. The maximum Gasteiger partial charge on any atom is 0.270 e. The summed E-state index contributed by atoms with van der Waals surface area (Å²) in [5.74, 6) is 0.0512. The Labute approximate surface area is 108 Å². The lowest BCUT2D eigenvalue weighted by Crippen LogP contribution is -2.45. The number of hydrogen-bond donors (Lipinski definition) is 1. The van der Waals surface area contributed by atoms with Crippen LogP contribution in [-0.2, 0) is 11.3 Å². The van der Waals surface area contributed by atoms with Crippen molar-refractivity contribution in [3.63, 3.8) is 0 Å². The highest BCUT2D eigenvalue weighted by Gasteiger charge is 2.24. The van der Waals surface area contributed by atoms with Gasteiger partial charge in [-0.1, -0.05) is 6.92 Å². The van der Waals surface area contributed by atoms with Gasteiger partial charge in [0.15, 0.2) is 0 Å². The Morgan fingerprint density at radius 3 is 3.06 bits per heavy atom. The van der Waals surface area contributed by atoms with Crippen LogP contribution in [0.4, 0.5) is 5.69 Å². The van der Waals surface area contributed by atoms with Gasteiger partial charge in [0.25, 0.3) is 5.91 Å². The number of hydrogen-bond acceptors (Lipinski definition) is 3. The lowest BCUT2D eigenvalue weighted by molar-refractivity contribution is -0.0128. The molecule has 2 N–H and O–H groups in total. The van der Waals surface area contributed by atoms with Crippen LogP contribution in [0.15, 0.2) is 12.3 Å². The molecule has 0 aliphatic carbocycles. The predicted molar refractivity (Wildman–Crippen MR) is 70.5 cm³/mol. The van der Waals surface area contributed by atoms with E-state index >= 15 is 0 Å². The summed E-state index contributed by atoms with van der Waals surface area (Å²) in [6.07, 6.45) is 2.92. The van der Waals surface area contributed by atoms with Gasteiger partial charge in [-0.2, -0.15) is 0 Å². The maximum absolute atomic E-state index is 12.4. The van der Waals surface area contributed by atoms with Gasteiger partial charge in [-0.05, 0) is 19.4 Å².